The molecule has 1 aliphatic carbocycles. The van der Waals surface area contributed by atoms with Crippen LogP contribution in [0.15, 0.2) is 48.5 Å². The zero-order valence-corrected chi connectivity index (χ0v) is 10.4. The summed E-state index contributed by atoms with van der Waals surface area (Å²) < 4.78 is 0. The molecule has 0 heterocycles. The number of ketones is 1. The molecule has 0 atom stereocenters. The lowest BCUT2D eigenvalue weighted by Crippen LogP contribution is -2.00. The Bertz CT molecular complexity index is 569. The van der Waals surface area contributed by atoms with Crippen molar-refractivity contribution < 1.29 is 4.79 Å². The summed E-state index contributed by atoms with van der Waals surface area (Å²) in [5, 5.41) is 0. The van der Waals surface area contributed by atoms with Gasteiger partial charge in [-0.25, -0.2) is 0 Å². The largest absolute Gasteiger partial charge is 0.294 e. The van der Waals surface area contributed by atoms with E-state index in [0.29, 0.717) is 12.2 Å². The highest BCUT2D eigenvalue weighted by molar-refractivity contribution is 5.99. The van der Waals surface area contributed by atoms with Gasteiger partial charge in [0.25, 0.3) is 0 Å². The van der Waals surface area contributed by atoms with E-state index in [1.807, 2.05) is 18.2 Å². The number of benzene rings is 2. The van der Waals surface area contributed by atoms with Crippen molar-refractivity contribution in [2.45, 2.75) is 25.7 Å². The van der Waals surface area contributed by atoms with Crippen LogP contribution in [0.2, 0.25) is 0 Å². The van der Waals surface area contributed by atoms with Gasteiger partial charge < -0.3 is 0 Å². The fraction of sp³-hybridized carbons (Fsp3) is 0.235. The van der Waals surface area contributed by atoms with Crippen molar-refractivity contribution in [3.8, 4) is 11.1 Å². The molecule has 2 aromatic rings. The molecule has 1 heteroatoms. The highest BCUT2D eigenvalue weighted by Crippen LogP contribution is 2.26. The Balaban J connectivity index is 2.07. The van der Waals surface area contributed by atoms with Crippen LogP contribution in [-0.2, 0) is 6.42 Å². The Morgan fingerprint density at radius 3 is 2.39 bits per heavy atom. The number of rotatable bonds is 1. The quantitative estimate of drug-likeness (QED) is 0.676. The van der Waals surface area contributed by atoms with E-state index in [1.165, 1.54) is 11.1 Å². The average Bonchev–Trinajstić information content (AvgIpc) is 2.62. The van der Waals surface area contributed by atoms with Crippen molar-refractivity contribution in [2.75, 3.05) is 0 Å². The number of hydrogen-bond acceptors (Lipinski definition) is 1. The molecule has 0 aromatic heterocycles. The normalized spacial score (nSPS) is 15.0. The average molecular weight is 236 g/mol. The first-order valence-corrected chi connectivity index (χ1v) is 6.56. The molecule has 2 aromatic carbocycles. The van der Waals surface area contributed by atoms with E-state index in [-0.39, 0.29) is 0 Å². The lowest BCUT2D eigenvalue weighted by Gasteiger charge is -2.08. The van der Waals surface area contributed by atoms with Crippen LogP contribution in [0, 0.1) is 0 Å². The molecule has 0 N–H and O–H groups in total. The second-order valence-corrected chi connectivity index (χ2v) is 4.87. The van der Waals surface area contributed by atoms with Gasteiger partial charge in [-0.2, -0.15) is 0 Å². The summed E-state index contributed by atoms with van der Waals surface area (Å²) in [5.41, 5.74) is 4.48. The molecule has 0 radical (unpaired) electrons. The third-order valence-electron chi connectivity index (χ3n) is 3.62. The summed E-state index contributed by atoms with van der Waals surface area (Å²) in [6, 6.07) is 16.6. The molecular formula is C17H16O. The Kier molecular flexibility index (Phi) is 2.97. The van der Waals surface area contributed by atoms with Gasteiger partial charge in [0.1, 0.15) is 0 Å². The van der Waals surface area contributed by atoms with Crippen LogP contribution in [-0.4, -0.2) is 5.78 Å². The van der Waals surface area contributed by atoms with Crippen LogP contribution in [0.5, 0.6) is 0 Å². The van der Waals surface area contributed by atoms with Crippen molar-refractivity contribution in [2.24, 2.45) is 0 Å². The number of carbonyl (C=O) groups excluding carboxylic acids is 1. The zero-order chi connectivity index (χ0) is 12.4. The van der Waals surface area contributed by atoms with Gasteiger partial charge in [0.15, 0.2) is 5.78 Å². The Labute approximate surface area is 107 Å². The van der Waals surface area contributed by atoms with Crippen molar-refractivity contribution in [3.05, 3.63) is 59.7 Å². The SMILES string of the molecule is O=C1CCCCc2ccc(-c3ccccc3)cc21. The van der Waals surface area contributed by atoms with Gasteiger partial charge in [-0.3, -0.25) is 4.79 Å². The van der Waals surface area contributed by atoms with E-state index in [1.54, 1.807) is 0 Å². The number of fused-ring (bicyclic) bond motifs is 1. The minimum atomic E-state index is 0.306. The predicted octanol–water partition coefficient (Wildman–Crippen LogP) is 4.26. The molecule has 3 rings (SSSR count). The van der Waals surface area contributed by atoms with Crippen molar-refractivity contribution in [1.29, 1.82) is 0 Å². The van der Waals surface area contributed by atoms with Crippen LogP contribution >= 0.6 is 0 Å². The van der Waals surface area contributed by atoms with Crippen LogP contribution in [0.3, 0.4) is 0 Å². The second kappa shape index (κ2) is 4.77. The van der Waals surface area contributed by atoms with Gasteiger partial charge in [0.2, 0.25) is 0 Å². The molecular weight excluding hydrogens is 220 g/mol. The van der Waals surface area contributed by atoms with E-state index in [4.69, 9.17) is 0 Å². The van der Waals surface area contributed by atoms with Gasteiger partial charge >= 0.3 is 0 Å². The summed E-state index contributed by atoms with van der Waals surface area (Å²) in [7, 11) is 0. The van der Waals surface area contributed by atoms with Crippen LogP contribution in [0.25, 0.3) is 11.1 Å². The molecule has 0 spiro atoms. The van der Waals surface area contributed by atoms with Crippen LogP contribution in [0.1, 0.15) is 35.2 Å². The third kappa shape index (κ3) is 2.08. The van der Waals surface area contributed by atoms with E-state index in [9.17, 15) is 4.79 Å². The van der Waals surface area contributed by atoms with Crippen LogP contribution < -0.4 is 0 Å². The maximum absolute atomic E-state index is 12.1. The Hall–Kier alpha value is -1.89. The zero-order valence-electron chi connectivity index (χ0n) is 10.4. The molecule has 0 fully saturated rings. The first-order chi connectivity index (χ1) is 8.84. The Morgan fingerprint density at radius 2 is 1.56 bits per heavy atom. The van der Waals surface area contributed by atoms with E-state index >= 15 is 0 Å². The summed E-state index contributed by atoms with van der Waals surface area (Å²) in [6.45, 7) is 0. The minimum absolute atomic E-state index is 0.306. The molecule has 18 heavy (non-hydrogen) atoms. The van der Waals surface area contributed by atoms with E-state index in [2.05, 4.69) is 30.3 Å². The Morgan fingerprint density at radius 1 is 0.778 bits per heavy atom. The van der Waals surface area contributed by atoms with E-state index < -0.39 is 0 Å². The molecule has 0 unspecified atom stereocenters. The number of Topliss-reactive ketones (excluding diaryl/α,β-unsaturated/α-hetero) is 1. The standard InChI is InChI=1S/C17H16O/c18-17-9-5-4-8-14-10-11-15(12-16(14)17)13-6-2-1-3-7-13/h1-3,6-7,10-12H,4-5,8-9H2. The topological polar surface area (TPSA) is 17.1 Å². The van der Waals surface area contributed by atoms with Crippen molar-refractivity contribution in [1.82, 2.24) is 0 Å². The summed E-state index contributed by atoms with van der Waals surface area (Å²) in [5.74, 6) is 0.306. The summed E-state index contributed by atoms with van der Waals surface area (Å²) in [4.78, 5) is 12.1. The molecule has 1 aliphatic rings. The molecule has 0 saturated carbocycles. The van der Waals surface area contributed by atoms with Gasteiger partial charge in [-0.15, -0.1) is 0 Å². The predicted molar refractivity (Wildman–Crippen MR) is 73.8 cm³/mol. The number of hydrogen-bond donors (Lipinski definition) is 0. The molecule has 0 amide bonds. The highest BCUT2D eigenvalue weighted by Gasteiger charge is 2.15. The monoisotopic (exact) mass is 236 g/mol. The minimum Gasteiger partial charge on any atom is -0.294 e. The van der Waals surface area contributed by atoms with Gasteiger partial charge in [-0.05, 0) is 42.0 Å². The fourth-order valence-electron chi connectivity index (χ4n) is 2.60. The molecule has 90 valence electrons. The van der Waals surface area contributed by atoms with Gasteiger partial charge in [0.05, 0.1) is 0 Å². The third-order valence-corrected chi connectivity index (χ3v) is 3.62. The molecule has 1 nitrogen and oxygen atoms in total. The van der Waals surface area contributed by atoms with E-state index in [0.717, 1.165) is 30.4 Å². The van der Waals surface area contributed by atoms with Gasteiger partial charge in [0, 0.05) is 12.0 Å². The van der Waals surface area contributed by atoms with Crippen LogP contribution in [0.4, 0.5) is 0 Å². The lowest BCUT2D eigenvalue weighted by atomic mass is 9.96. The number of aryl methyl sites for hydroxylation is 1. The van der Waals surface area contributed by atoms with Gasteiger partial charge in [-0.1, -0.05) is 42.5 Å². The summed E-state index contributed by atoms with van der Waals surface area (Å²) in [6.07, 6.45) is 3.89. The molecule has 0 saturated heterocycles. The first kappa shape index (κ1) is 11.2. The molecule has 0 bridgehead atoms. The highest BCUT2D eigenvalue weighted by atomic mass is 16.1. The smallest absolute Gasteiger partial charge is 0.163 e. The fourth-order valence-corrected chi connectivity index (χ4v) is 2.60. The maximum atomic E-state index is 12.1. The second-order valence-electron chi connectivity index (χ2n) is 4.87. The van der Waals surface area contributed by atoms with Crippen molar-refractivity contribution in [3.63, 3.8) is 0 Å². The maximum Gasteiger partial charge on any atom is 0.163 e. The first-order valence-electron chi connectivity index (χ1n) is 6.56. The van der Waals surface area contributed by atoms with Crippen molar-refractivity contribution >= 4 is 5.78 Å². The lowest BCUT2D eigenvalue weighted by molar-refractivity contribution is 0.0982. The number of carbonyl (C=O) groups is 1. The molecule has 0 aliphatic heterocycles. The summed E-state index contributed by atoms with van der Waals surface area (Å²) >= 11 is 0.